The Labute approximate surface area is 166 Å². The molecule has 150 valence electrons. The van der Waals surface area contributed by atoms with Crippen molar-refractivity contribution in [2.24, 2.45) is 0 Å². The Morgan fingerprint density at radius 1 is 1.11 bits per heavy atom. The molecular formula is C21H26N2O4S. The molecule has 0 atom stereocenters. The standard InChI is InChI=1S/C21H26N2O4S/c1-14-7-6-10-18(15(14)2)22-21(24)16-11-12-19(27-3)20(13-16)28(25,26)23-17-8-4-5-9-17/h6-7,10-13,17,23H,4-5,8-9H2,1-3H3,(H,22,24). The first-order valence-corrected chi connectivity index (χ1v) is 10.9. The molecular weight excluding hydrogens is 376 g/mol. The Morgan fingerprint density at radius 2 is 1.82 bits per heavy atom. The topological polar surface area (TPSA) is 84.5 Å². The lowest BCUT2D eigenvalue weighted by Crippen LogP contribution is -2.33. The van der Waals surface area contributed by atoms with Gasteiger partial charge in [-0.3, -0.25) is 4.79 Å². The monoisotopic (exact) mass is 402 g/mol. The molecule has 2 aromatic rings. The molecule has 0 bridgehead atoms. The number of aryl methyl sites for hydroxylation is 1. The number of hydrogen-bond donors (Lipinski definition) is 2. The lowest BCUT2D eigenvalue weighted by molar-refractivity contribution is 0.102. The average Bonchev–Trinajstić information content (AvgIpc) is 3.17. The summed E-state index contributed by atoms with van der Waals surface area (Å²) in [7, 11) is -2.37. The van der Waals surface area contributed by atoms with E-state index in [1.165, 1.54) is 19.2 Å². The maximum Gasteiger partial charge on any atom is 0.255 e. The van der Waals surface area contributed by atoms with Crippen molar-refractivity contribution in [3.05, 3.63) is 53.1 Å². The van der Waals surface area contributed by atoms with Crippen molar-refractivity contribution >= 4 is 21.6 Å². The van der Waals surface area contributed by atoms with E-state index < -0.39 is 10.0 Å². The first-order valence-electron chi connectivity index (χ1n) is 9.40. The second-order valence-electron chi connectivity index (χ2n) is 7.17. The Hall–Kier alpha value is -2.38. The van der Waals surface area contributed by atoms with Crippen LogP contribution in [0, 0.1) is 13.8 Å². The summed E-state index contributed by atoms with van der Waals surface area (Å²) >= 11 is 0. The molecule has 0 heterocycles. The van der Waals surface area contributed by atoms with Crippen molar-refractivity contribution in [3.8, 4) is 5.75 Å². The van der Waals surface area contributed by atoms with Crippen LogP contribution in [0.5, 0.6) is 5.75 Å². The maximum absolute atomic E-state index is 12.9. The Kier molecular flexibility index (Phi) is 6.05. The molecule has 1 saturated carbocycles. The summed E-state index contributed by atoms with van der Waals surface area (Å²) in [6, 6.07) is 10.0. The third-order valence-electron chi connectivity index (χ3n) is 5.25. The zero-order valence-corrected chi connectivity index (χ0v) is 17.2. The first-order chi connectivity index (χ1) is 13.3. The van der Waals surface area contributed by atoms with Crippen LogP contribution in [0.15, 0.2) is 41.3 Å². The van der Waals surface area contributed by atoms with Gasteiger partial charge in [-0.15, -0.1) is 0 Å². The molecule has 28 heavy (non-hydrogen) atoms. The normalized spacial score (nSPS) is 14.8. The number of nitrogens with one attached hydrogen (secondary N) is 2. The fourth-order valence-electron chi connectivity index (χ4n) is 3.44. The third-order valence-corrected chi connectivity index (χ3v) is 6.79. The highest BCUT2D eigenvalue weighted by atomic mass is 32.2. The van der Waals surface area contributed by atoms with Crippen molar-refractivity contribution < 1.29 is 17.9 Å². The molecule has 0 radical (unpaired) electrons. The van der Waals surface area contributed by atoms with Gasteiger partial charge in [0.25, 0.3) is 5.91 Å². The molecule has 0 unspecified atom stereocenters. The van der Waals surface area contributed by atoms with Gasteiger partial charge < -0.3 is 10.1 Å². The van der Waals surface area contributed by atoms with Gasteiger partial charge in [0.05, 0.1) is 7.11 Å². The molecule has 1 aliphatic carbocycles. The van der Waals surface area contributed by atoms with E-state index >= 15 is 0 Å². The van der Waals surface area contributed by atoms with Crippen LogP contribution in [0.4, 0.5) is 5.69 Å². The van der Waals surface area contributed by atoms with Crippen LogP contribution in [0.3, 0.4) is 0 Å². The fraction of sp³-hybridized carbons (Fsp3) is 0.381. The molecule has 7 heteroatoms. The van der Waals surface area contributed by atoms with Crippen LogP contribution < -0.4 is 14.8 Å². The van der Waals surface area contributed by atoms with Crippen molar-refractivity contribution in [2.45, 2.75) is 50.5 Å². The summed E-state index contributed by atoms with van der Waals surface area (Å²) in [6.07, 6.45) is 3.69. The number of ether oxygens (including phenoxy) is 1. The van der Waals surface area contributed by atoms with E-state index in [1.54, 1.807) is 6.07 Å². The first kappa shape index (κ1) is 20.4. The van der Waals surface area contributed by atoms with Gasteiger partial charge in [0.15, 0.2) is 0 Å². The summed E-state index contributed by atoms with van der Waals surface area (Å²) in [5.74, 6) is -0.151. The van der Waals surface area contributed by atoms with Gasteiger partial charge in [0.2, 0.25) is 10.0 Å². The van der Waals surface area contributed by atoms with Crippen LogP contribution in [-0.4, -0.2) is 27.5 Å². The maximum atomic E-state index is 12.9. The molecule has 2 aromatic carbocycles. The average molecular weight is 403 g/mol. The third kappa shape index (κ3) is 4.36. The van der Waals surface area contributed by atoms with E-state index in [4.69, 9.17) is 4.74 Å². The minimum Gasteiger partial charge on any atom is -0.495 e. The smallest absolute Gasteiger partial charge is 0.255 e. The van der Waals surface area contributed by atoms with Gasteiger partial charge in [-0.1, -0.05) is 25.0 Å². The predicted molar refractivity (Wildman–Crippen MR) is 109 cm³/mol. The number of carbonyl (C=O) groups is 1. The number of carbonyl (C=O) groups excluding carboxylic acids is 1. The van der Waals surface area contributed by atoms with Crippen molar-refractivity contribution in [1.82, 2.24) is 4.72 Å². The van der Waals surface area contributed by atoms with E-state index in [2.05, 4.69) is 10.0 Å². The summed E-state index contributed by atoms with van der Waals surface area (Å²) < 4.78 is 33.7. The molecule has 2 N–H and O–H groups in total. The minimum atomic E-state index is -3.79. The molecule has 3 rings (SSSR count). The Bertz CT molecular complexity index is 980. The van der Waals surface area contributed by atoms with Crippen LogP contribution in [-0.2, 0) is 10.0 Å². The van der Waals surface area contributed by atoms with Gasteiger partial charge in [-0.2, -0.15) is 0 Å². The highest BCUT2D eigenvalue weighted by Gasteiger charge is 2.26. The second kappa shape index (κ2) is 8.32. The van der Waals surface area contributed by atoms with E-state index in [-0.39, 0.29) is 28.2 Å². The van der Waals surface area contributed by atoms with Crippen molar-refractivity contribution in [3.63, 3.8) is 0 Å². The lowest BCUT2D eigenvalue weighted by Gasteiger charge is -2.16. The number of amides is 1. The fourth-order valence-corrected chi connectivity index (χ4v) is 4.94. The SMILES string of the molecule is COc1ccc(C(=O)Nc2cccc(C)c2C)cc1S(=O)(=O)NC1CCCC1. The molecule has 0 aliphatic heterocycles. The van der Waals surface area contributed by atoms with Gasteiger partial charge in [0.1, 0.15) is 10.6 Å². The number of benzene rings is 2. The zero-order valence-electron chi connectivity index (χ0n) is 16.4. The summed E-state index contributed by atoms with van der Waals surface area (Å²) in [4.78, 5) is 12.7. The Morgan fingerprint density at radius 3 is 2.50 bits per heavy atom. The molecule has 1 amide bonds. The number of hydrogen-bond acceptors (Lipinski definition) is 4. The highest BCUT2D eigenvalue weighted by Crippen LogP contribution is 2.28. The molecule has 1 aliphatic rings. The summed E-state index contributed by atoms with van der Waals surface area (Å²) in [5.41, 5.74) is 3.00. The zero-order chi connectivity index (χ0) is 20.3. The number of sulfonamides is 1. The molecule has 0 aromatic heterocycles. The minimum absolute atomic E-state index is 0.0180. The second-order valence-corrected chi connectivity index (χ2v) is 8.85. The van der Waals surface area contributed by atoms with E-state index in [0.717, 1.165) is 36.8 Å². The molecule has 0 saturated heterocycles. The van der Waals surface area contributed by atoms with Gasteiger partial charge in [0, 0.05) is 17.3 Å². The van der Waals surface area contributed by atoms with Crippen LogP contribution in [0.1, 0.15) is 47.2 Å². The highest BCUT2D eigenvalue weighted by molar-refractivity contribution is 7.89. The predicted octanol–water partition coefficient (Wildman–Crippen LogP) is 3.79. The van der Waals surface area contributed by atoms with E-state index in [9.17, 15) is 13.2 Å². The molecule has 0 spiro atoms. The molecule has 6 nitrogen and oxygen atoms in total. The van der Waals surface area contributed by atoms with Gasteiger partial charge >= 0.3 is 0 Å². The number of methoxy groups -OCH3 is 1. The summed E-state index contributed by atoms with van der Waals surface area (Å²) in [5, 5.41) is 2.86. The largest absolute Gasteiger partial charge is 0.495 e. The molecule has 1 fully saturated rings. The van der Waals surface area contributed by atoms with Crippen LogP contribution in [0.2, 0.25) is 0 Å². The van der Waals surface area contributed by atoms with E-state index in [1.807, 2.05) is 32.0 Å². The summed E-state index contributed by atoms with van der Waals surface area (Å²) in [6.45, 7) is 3.90. The van der Waals surface area contributed by atoms with Crippen LogP contribution in [0.25, 0.3) is 0 Å². The quantitative estimate of drug-likeness (QED) is 0.770. The lowest BCUT2D eigenvalue weighted by atomic mass is 10.1. The van der Waals surface area contributed by atoms with E-state index in [0.29, 0.717) is 5.69 Å². The van der Waals surface area contributed by atoms with Crippen molar-refractivity contribution in [1.29, 1.82) is 0 Å². The van der Waals surface area contributed by atoms with Crippen molar-refractivity contribution in [2.75, 3.05) is 12.4 Å². The Balaban J connectivity index is 1.89. The number of anilines is 1. The van der Waals surface area contributed by atoms with Gasteiger partial charge in [-0.05, 0) is 62.1 Å². The number of rotatable bonds is 6. The van der Waals surface area contributed by atoms with Gasteiger partial charge in [-0.25, -0.2) is 13.1 Å². The van der Waals surface area contributed by atoms with Crippen LogP contribution >= 0.6 is 0 Å².